The van der Waals surface area contributed by atoms with E-state index in [4.69, 9.17) is 0 Å². The van der Waals surface area contributed by atoms with Crippen molar-refractivity contribution in [2.24, 2.45) is 0 Å². The first-order valence-electron chi connectivity index (χ1n) is 7.02. The molecule has 6 nitrogen and oxygen atoms in total. The summed E-state index contributed by atoms with van der Waals surface area (Å²) in [6, 6.07) is -0.129. The summed E-state index contributed by atoms with van der Waals surface area (Å²) in [5.41, 5.74) is 0. The highest BCUT2D eigenvalue weighted by Gasteiger charge is 2.18. The van der Waals surface area contributed by atoms with Crippen molar-refractivity contribution < 1.29 is 5.11 Å². The zero-order valence-electron chi connectivity index (χ0n) is 11.9. The Kier molecular flexibility index (Phi) is 8.00. The second-order valence-corrected chi connectivity index (χ2v) is 5.17. The molecule has 0 saturated heterocycles. The minimum absolute atomic E-state index is 0.0212. The van der Waals surface area contributed by atoms with E-state index in [1.54, 1.807) is 4.68 Å². The minimum atomic E-state index is -0.129. The number of aliphatic hydroxyl groups excluding tert-OH is 1. The molecule has 7 heteroatoms. The van der Waals surface area contributed by atoms with Crippen LogP contribution in [0.15, 0.2) is 5.16 Å². The molecule has 1 aromatic heterocycles. The molecule has 0 aliphatic carbocycles. The molecule has 19 heavy (non-hydrogen) atoms. The monoisotopic (exact) mass is 287 g/mol. The summed E-state index contributed by atoms with van der Waals surface area (Å²) in [5, 5.41) is 21.2. The van der Waals surface area contributed by atoms with Crippen molar-refractivity contribution in [1.29, 1.82) is 0 Å². The van der Waals surface area contributed by atoms with Gasteiger partial charge in [0.25, 0.3) is 0 Å². The van der Waals surface area contributed by atoms with Crippen LogP contribution in [0.4, 0.5) is 0 Å². The maximum atomic E-state index is 9.54. The molecule has 1 rings (SSSR count). The number of unbranched alkanes of at least 4 members (excludes halogenated alkanes) is 2. The van der Waals surface area contributed by atoms with Gasteiger partial charge in [0.2, 0.25) is 5.16 Å². The third-order valence-electron chi connectivity index (χ3n) is 3.16. The predicted molar refractivity (Wildman–Crippen MR) is 77.4 cm³/mol. The van der Waals surface area contributed by atoms with Crippen LogP contribution in [0.3, 0.4) is 0 Å². The fraction of sp³-hybridized carbons (Fsp3) is 0.917. The van der Waals surface area contributed by atoms with E-state index in [0.717, 1.165) is 19.6 Å². The van der Waals surface area contributed by atoms with E-state index in [0.29, 0.717) is 5.16 Å². The molecule has 1 N–H and O–H groups in total. The standard InChI is InChI=1S/C12H25N5OS/c1-3-5-7-16(8-6-4-2)9-11(10-18)17-12(19)13-14-15-17/h11,18H,3-10H2,1-2H3,(H,13,15,19). The van der Waals surface area contributed by atoms with Gasteiger partial charge in [-0.2, -0.15) is 0 Å². The largest absolute Gasteiger partial charge is 0.394 e. The van der Waals surface area contributed by atoms with Gasteiger partial charge in [-0.15, -0.1) is 17.7 Å². The van der Waals surface area contributed by atoms with Gasteiger partial charge in [-0.25, -0.2) is 4.68 Å². The van der Waals surface area contributed by atoms with Crippen molar-refractivity contribution in [3.05, 3.63) is 0 Å². The molecule has 1 atom stereocenters. The summed E-state index contributed by atoms with van der Waals surface area (Å²) in [4.78, 5) is 2.38. The normalized spacial score (nSPS) is 13.1. The van der Waals surface area contributed by atoms with Crippen molar-refractivity contribution in [2.75, 3.05) is 26.2 Å². The van der Waals surface area contributed by atoms with Gasteiger partial charge in [-0.3, -0.25) is 0 Å². The van der Waals surface area contributed by atoms with E-state index in [9.17, 15) is 5.11 Å². The van der Waals surface area contributed by atoms with Crippen LogP contribution in [-0.2, 0) is 0 Å². The van der Waals surface area contributed by atoms with Crippen molar-refractivity contribution >= 4 is 12.6 Å². The zero-order valence-corrected chi connectivity index (χ0v) is 12.8. The van der Waals surface area contributed by atoms with Gasteiger partial charge >= 0.3 is 0 Å². The average Bonchev–Trinajstić information content (AvgIpc) is 2.84. The smallest absolute Gasteiger partial charge is 0.206 e. The minimum Gasteiger partial charge on any atom is -0.394 e. The highest BCUT2D eigenvalue weighted by atomic mass is 32.1. The Morgan fingerprint density at radius 1 is 1.26 bits per heavy atom. The van der Waals surface area contributed by atoms with E-state index in [1.807, 2.05) is 0 Å². The first-order chi connectivity index (χ1) is 9.22. The van der Waals surface area contributed by atoms with Gasteiger partial charge in [0.15, 0.2) is 0 Å². The summed E-state index contributed by atoms with van der Waals surface area (Å²) >= 11 is 4.20. The average molecular weight is 287 g/mol. The van der Waals surface area contributed by atoms with Crippen molar-refractivity contribution in [1.82, 2.24) is 25.1 Å². The van der Waals surface area contributed by atoms with Crippen LogP contribution in [-0.4, -0.2) is 56.5 Å². The molecule has 0 aromatic carbocycles. The molecule has 0 aliphatic heterocycles. The third-order valence-corrected chi connectivity index (χ3v) is 3.45. The summed E-state index contributed by atoms with van der Waals surface area (Å²) < 4.78 is 1.59. The molecule has 0 fully saturated rings. The second kappa shape index (κ2) is 9.28. The Balaban J connectivity index is 2.60. The number of rotatable bonds is 10. The predicted octanol–water partition coefficient (Wildman–Crippen LogP) is 1.40. The fourth-order valence-corrected chi connectivity index (χ4v) is 2.24. The summed E-state index contributed by atoms with van der Waals surface area (Å²) in [6.07, 6.45) is 4.70. The molecule has 0 bridgehead atoms. The van der Waals surface area contributed by atoms with Crippen molar-refractivity contribution in [3.8, 4) is 0 Å². The Labute approximate surface area is 120 Å². The zero-order chi connectivity index (χ0) is 14.1. The maximum absolute atomic E-state index is 9.54. The number of nitrogens with zero attached hydrogens (tertiary/aromatic N) is 5. The molecular formula is C12H25N5OS. The molecule has 1 aromatic rings. The summed E-state index contributed by atoms with van der Waals surface area (Å²) in [6.45, 7) is 7.26. The molecule has 0 spiro atoms. The Morgan fingerprint density at radius 3 is 2.32 bits per heavy atom. The van der Waals surface area contributed by atoms with E-state index >= 15 is 0 Å². The van der Waals surface area contributed by atoms with E-state index in [1.165, 1.54) is 25.7 Å². The number of aromatic nitrogens is 4. The number of hydrogen-bond donors (Lipinski definition) is 2. The van der Waals surface area contributed by atoms with E-state index in [-0.39, 0.29) is 12.6 Å². The second-order valence-electron chi connectivity index (χ2n) is 4.77. The Hall–Kier alpha value is -0.660. The van der Waals surface area contributed by atoms with E-state index in [2.05, 4.69) is 46.9 Å². The van der Waals surface area contributed by atoms with E-state index < -0.39 is 0 Å². The van der Waals surface area contributed by atoms with Gasteiger partial charge < -0.3 is 10.0 Å². The van der Waals surface area contributed by atoms with Crippen LogP contribution < -0.4 is 0 Å². The topological polar surface area (TPSA) is 67.1 Å². The fourth-order valence-electron chi connectivity index (χ4n) is 1.99. The lowest BCUT2D eigenvalue weighted by Gasteiger charge is -2.26. The third kappa shape index (κ3) is 5.46. The van der Waals surface area contributed by atoms with Crippen LogP contribution >= 0.6 is 12.6 Å². The van der Waals surface area contributed by atoms with Gasteiger partial charge in [-0.05, 0) is 36.4 Å². The highest BCUT2D eigenvalue weighted by Crippen LogP contribution is 2.12. The van der Waals surface area contributed by atoms with Crippen molar-refractivity contribution in [3.63, 3.8) is 0 Å². The van der Waals surface area contributed by atoms with Crippen LogP contribution in [0.1, 0.15) is 45.6 Å². The molecular weight excluding hydrogens is 262 g/mol. The molecule has 1 heterocycles. The lowest BCUT2D eigenvalue weighted by Crippen LogP contribution is -2.34. The number of tetrazole rings is 1. The maximum Gasteiger partial charge on any atom is 0.206 e. The molecule has 0 aliphatic rings. The van der Waals surface area contributed by atoms with Gasteiger partial charge in [0.05, 0.1) is 12.6 Å². The quantitative estimate of drug-likeness (QED) is 0.637. The van der Waals surface area contributed by atoms with Crippen LogP contribution in [0, 0.1) is 0 Å². The molecule has 0 saturated carbocycles. The first-order valence-corrected chi connectivity index (χ1v) is 7.47. The summed E-state index contributed by atoms with van der Waals surface area (Å²) in [7, 11) is 0. The lowest BCUT2D eigenvalue weighted by molar-refractivity contribution is 0.149. The molecule has 0 amide bonds. The Morgan fingerprint density at radius 2 is 1.89 bits per heavy atom. The van der Waals surface area contributed by atoms with Gasteiger partial charge in [0, 0.05) is 6.54 Å². The van der Waals surface area contributed by atoms with Crippen LogP contribution in [0.5, 0.6) is 0 Å². The van der Waals surface area contributed by atoms with Gasteiger partial charge in [-0.1, -0.05) is 26.7 Å². The van der Waals surface area contributed by atoms with Crippen LogP contribution in [0.25, 0.3) is 0 Å². The summed E-state index contributed by atoms with van der Waals surface area (Å²) in [5.74, 6) is 0. The lowest BCUT2D eigenvalue weighted by atomic mass is 10.2. The van der Waals surface area contributed by atoms with Crippen LogP contribution in [0.2, 0.25) is 0 Å². The number of thiol groups is 1. The van der Waals surface area contributed by atoms with Gasteiger partial charge in [0.1, 0.15) is 0 Å². The first kappa shape index (κ1) is 16.4. The Bertz CT molecular complexity index is 339. The molecule has 1 unspecified atom stereocenters. The van der Waals surface area contributed by atoms with Crippen molar-refractivity contribution in [2.45, 2.75) is 50.7 Å². The highest BCUT2D eigenvalue weighted by molar-refractivity contribution is 7.80. The SMILES string of the molecule is CCCCN(CCCC)CC(CO)n1nnnc1S. The molecule has 0 radical (unpaired) electrons. The number of hydrogen-bond acceptors (Lipinski definition) is 6. The molecule has 110 valence electrons. The number of aliphatic hydroxyl groups is 1.